The summed E-state index contributed by atoms with van der Waals surface area (Å²) in [4.78, 5) is 15.7. The molecule has 0 N–H and O–H groups in total. The first-order valence-electron chi connectivity index (χ1n) is 8.65. The van der Waals surface area contributed by atoms with Crippen molar-refractivity contribution in [2.45, 2.75) is 38.5 Å². The second kappa shape index (κ2) is 5.38. The Labute approximate surface area is 132 Å². The van der Waals surface area contributed by atoms with E-state index in [9.17, 15) is 4.79 Å². The number of Topliss-reactive ketones (excluding diaryl/α,β-unsaturated/α-hetero) is 1. The van der Waals surface area contributed by atoms with Gasteiger partial charge in [0.25, 0.3) is 0 Å². The number of ketones is 1. The smallest absolute Gasteiger partial charge is 0.169 e. The van der Waals surface area contributed by atoms with E-state index in [-0.39, 0.29) is 5.41 Å². The molecule has 118 valence electrons. The lowest BCUT2D eigenvalue weighted by atomic mass is 9.65. The molecule has 1 saturated heterocycles. The maximum Gasteiger partial charge on any atom is 0.169 e. The first kappa shape index (κ1) is 14.3. The van der Waals surface area contributed by atoms with Gasteiger partial charge in [-0.25, -0.2) is 0 Å². The van der Waals surface area contributed by atoms with Gasteiger partial charge < -0.3 is 9.64 Å². The summed E-state index contributed by atoms with van der Waals surface area (Å²) in [6.07, 6.45) is 6.87. The first-order chi connectivity index (χ1) is 10.7. The largest absolute Gasteiger partial charge is 0.496 e. The Hall–Kier alpha value is -1.35. The van der Waals surface area contributed by atoms with Crippen LogP contribution in [0.2, 0.25) is 0 Å². The number of methoxy groups -OCH3 is 1. The molecular weight excluding hydrogens is 274 g/mol. The fraction of sp³-hybridized carbons (Fsp3) is 0.632. The van der Waals surface area contributed by atoms with Crippen LogP contribution in [0.1, 0.15) is 48.0 Å². The fourth-order valence-electron chi connectivity index (χ4n) is 4.30. The van der Waals surface area contributed by atoms with Gasteiger partial charge in [-0.05, 0) is 63.6 Å². The third-order valence-electron chi connectivity index (χ3n) is 5.96. The van der Waals surface area contributed by atoms with Crippen LogP contribution in [-0.2, 0) is 6.42 Å². The SMILES string of the molecule is COc1cccc2c1CCC1(CCN(CC3CC3)CC1)C2=O. The van der Waals surface area contributed by atoms with Gasteiger partial charge in [0.2, 0.25) is 0 Å². The maximum atomic E-state index is 13.1. The minimum Gasteiger partial charge on any atom is -0.496 e. The van der Waals surface area contributed by atoms with Gasteiger partial charge in [0, 0.05) is 23.1 Å². The summed E-state index contributed by atoms with van der Waals surface area (Å²) < 4.78 is 5.44. The standard InChI is InChI=1S/C19H25NO2/c1-22-17-4-2-3-16-15(17)7-8-19(18(16)21)9-11-20(12-10-19)13-14-5-6-14/h2-4,14H,5-13H2,1H3. The highest BCUT2D eigenvalue weighted by molar-refractivity contribution is 6.03. The predicted molar refractivity (Wildman–Crippen MR) is 86.5 cm³/mol. The molecule has 22 heavy (non-hydrogen) atoms. The van der Waals surface area contributed by atoms with E-state index in [1.165, 1.54) is 19.4 Å². The summed E-state index contributed by atoms with van der Waals surface area (Å²) in [5.41, 5.74) is 1.95. The van der Waals surface area contributed by atoms with Crippen molar-refractivity contribution in [2.24, 2.45) is 11.3 Å². The molecule has 0 radical (unpaired) electrons. The van der Waals surface area contributed by atoms with Crippen LogP contribution >= 0.6 is 0 Å². The highest BCUT2D eigenvalue weighted by Crippen LogP contribution is 2.45. The van der Waals surface area contributed by atoms with E-state index in [1.54, 1.807) is 7.11 Å². The number of rotatable bonds is 3. The zero-order chi connectivity index (χ0) is 15.2. The monoisotopic (exact) mass is 299 g/mol. The van der Waals surface area contributed by atoms with Crippen LogP contribution in [0.4, 0.5) is 0 Å². The highest BCUT2D eigenvalue weighted by atomic mass is 16.5. The zero-order valence-electron chi connectivity index (χ0n) is 13.4. The Kier molecular flexibility index (Phi) is 3.48. The summed E-state index contributed by atoms with van der Waals surface area (Å²) in [6, 6.07) is 5.93. The maximum absolute atomic E-state index is 13.1. The van der Waals surface area contributed by atoms with Crippen LogP contribution in [0.5, 0.6) is 5.75 Å². The van der Waals surface area contributed by atoms with Crippen molar-refractivity contribution in [1.82, 2.24) is 4.90 Å². The molecule has 0 amide bonds. The van der Waals surface area contributed by atoms with E-state index in [0.29, 0.717) is 5.78 Å². The molecule has 3 nitrogen and oxygen atoms in total. The number of nitrogens with zero attached hydrogens (tertiary/aromatic N) is 1. The Balaban J connectivity index is 1.53. The van der Waals surface area contributed by atoms with Crippen molar-refractivity contribution < 1.29 is 9.53 Å². The molecule has 4 rings (SSSR count). The topological polar surface area (TPSA) is 29.5 Å². The molecule has 1 spiro atoms. The number of ether oxygens (including phenoxy) is 1. The van der Waals surface area contributed by atoms with Crippen LogP contribution in [-0.4, -0.2) is 37.4 Å². The van der Waals surface area contributed by atoms with E-state index in [1.807, 2.05) is 18.2 Å². The number of carbonyl (C=O) groups excluding carboxylic acids is 1. The molecule has 3 aliphatic rings. The Morgan fingerprint density at radius 1 is 1.23 bits per heavy atom. The third-order valence-corrected chi connectivity index (χ3v) is 5.96. The zero-order valence-corrected chi connectivity index (χ0v) is 13.4. The molecule has 1 heterocycles. The molecule has 0 unspecified atom stereocenters. The van der Waals surface area contributed by atoms with Crippen molar-refractivity contribution in [3.05, 3.63) is 29.3 Å². The van der Waals surface area contributed by atoms with Crippen LogP contribution in [0.25, 0.3) is 0 Å². The summed E-state index contributed by atoms with van der Waals surface area (Å²) in [6.45, 7) is 3.46. The average Bonchev–Trinajstić information content (AvgIpc) is 3.37. The molecule has 0 atom stereocenters. The number of fused-ring (bicyclic) bond motifs is 1. The second-order valence-electron chi connectivity index (χ2n) is 7.34. The van der Waals surface area contributed by atoms with Gasteiger partial charge >= 0.3 is 0 Å². The molecule has 1 aliphatic heterocycles. The van der Waals surface area contributed by atoms with E-state index in [4.69, 9.17) is 4.74 Å². The lowest BCUT2D eigenvalue weighted by Crippen LogP contribution is -2.47. The number of hydrogen-bond donors (Lipinski definition) is 0. The third kappa shape index (κ3) is 2.36. The van der Waals surface area contributed by atoms with Crippen LogP contribution < -0.4 is 4.74 Å². The molecule has 0 aromatic heterocycles. The Morgan fingerprint density at radius 3 is 2.68 bits per heavy atom. The highest BCUT2D eigenvalue weighted by Gasteiger charge is 2.45. The lowest BCUT2D eigenvalue weighted by molar-refractivity contribution is 0.0533. The fourth-order valence-corrected chi connectivity index (χ4v) is 4.30. The quantitative estimate of drug-likeness (QED) is 0.857. The van der Waals surface area contributed by atoms with Gasteiger partial charge in [-0.3, -0.25) is 4.79 Å². The molecule has 1 aromatic rings. The second-order valence-corrected chi connectivity index (χ2v) is 7.34. The average molecular weight is 299 g/mol. The predicted octanol–water partition coefficient (Wildman–Crippen LogP) is 3.32. The Morgan fingerprint density at radius 2 is 2.00 bits per heavy atom. The molecule has 2 fully saturated rings. The molecule has 3 heteroatoms. The van der Waals surface area contributed by atoms with E-state index in [0.717, 1.165) is 61.6 Å². The molecule has 2 aliphatic carbocycles. The van der Waals surface area contributed by atoms with E-state index >= 15 is 0 Å². The Bertz CT molecular complexity index is 583. The van der Waals surface area contributed by atoms with Crippen molar-refractivity contribution in [3.63, 3.8) is 0 Å². The van der Waals surface area contributed by atoms with Gasteiger partial charge in [-0.2, -0.15) is 0 Å². The number of benzene rings is 1. The van der Waals surface area contributed by atoms with Crippen molar-refractivity contribution in [2.75, 3.05) is 26.7 Å². The molecule has 1 saturated carbocycles. The minimum absolute atomic E-state index is 0.0978. The van der Waals surface area contributed by atoms with Gasteiger partial charge in [0.05, 0.1) is 7.11 Å². The van der Waals surface area contributed by atoms with Gasteiger partial charge in [-0.15, -0.1) is 0 Å². The van der Waals surface area contributed by atoms with Gasteiger partial charge in [-0.1, -0.05) is 12.1 Å². The number of piperidine rings is 1. The molecule has 1 aromatic carbocycles. The summed E-state index contributed by atoms with van der Waals surface area (Å²) in [5.74, 6) is 2.20. The molecular formula is C19H25NO2. The summed E-state index contributed by atoms with van der Waals surface area (Å²) in [5, 5.41) is 0. The van der Waals surface area contributed by atoms with Crippen molar-refractivity contribution in [3.8, 4) is 5.75 Å². The summed E-state index contributed by atoms with van der Waals surface area (Å²) in [7, 11) is 1.70. The normalized spacial score (nSPS) is 24.3. The van der Waals surface area contributed by atoms with Crippen LogP contribution in [0.15, 0.2) is 18.2 Å². The van der Waals surface area contributed by atoms with Crippen LogP contribution in [0, 0.1) is 11.3 Å². The van der Waals surface area contributed by atoms with Gasteiger partial charge in [0.15, 0.2) is 5.78 Å². The first-order valence-corrected chi connectivity index (χ1v) is 8.65. The number of likely N-dealkylation sites (tertiary alicyclic amines) is 1. The number of hydrogen-bond acceptors (Lipinski definition) is 3. The minimum atomic E-state index is -0.0978. The summed E-state index contributed by atoms with van der Waals surface area (Å²) >= 11 is 0. The van der Waals surface area contributed by atoms with E-state index < -0.39 is 0 Å². The van der Waals surface area contributed by atoms with Gasteiger partial charge in [0.1, 0.15) is 5.75 Å². The number of carbonyl (C=O) groups is 1. The molecule has 0 bridgehead atoms. The van der Waals surface area contributed by atoms with Crippen molar-refractivity contribution in [1.29, 1.82) is 0 Å². The van der Waals surface area contributed by atoms with Crippen LogP contribution in [0.3, 0.4) is 0 Å². The van der Waals surface area contributed by atoms with E-state index in [2.05, 4.69) is 4.90 Å². The lowest BCUT2D eigenvalue weighted by Gasteiger charge is -2.43. The van der Waals surface area contributed by atoms with Crippen molar-refractivity contribution >= 4 is 5.78 Å².